The molecule has 2 unspecified atom stereocenters. The molecule has 2 N–H and O–H groups in total. The Morgan fingerprint density at radius 2 is 1.93 bits per heavy atom. The lowest BCUT2D eigenvalue weighted by Gasteiger charge is -2.47. The van der Waals surface area contributed by atoms with Gasteiger partial charge in [0, 0.05) is 42.0 Å². The Morgan fingerprint density at radius 3 is 2.48 bits per heavy atom. The van der Waals surface area contributed by atoms with E-state index in [4.69, 9.17) is 27.9 Å². The first-order valence-electron chi connectivity index (χ1n) is 8.20. The molecule has 0 aliphatic carbocycles. The lowest BCUT2D eigenvalue weighted by Crippen LogP contribution is -2.65. The van der Waals surface area contributed by atoms with Crippen molar-refractivity contribution in [3.05, 3.63) is 63.6 Å². The number of amides is 1. The highest BCUT2D eigenvalue weighted by Crippen LogP contribution is 2.49. The fraction of sp³-hybridized carbons (Fsp3) is 0.263. The Morgan fingerprint density at radius 1 is 1.26 bits per heavy atom. The molecule has 142 valence electrons. The number of hydrazine groups is 1. The number of benzene rings is 2. The molecule has 0 saturated heterocycles. The molecular formula is C19H18Cl2N2O4. The summed E-state index contributed by atoms with van der Waals surface area (Å²) < 4.78 is 5.47. The maximum Gasteiger partial charge on any atom is 0.359 e. The van der Waals surface area contributed by atoms with Crippen molar-refractivity contribution in [3.63, 3.8) is 0 Å². The van der Waals surface area contributed by atoms with E-state index in [2.05, 4.69) is 5.43 Å². The summed E-state index contributed by atoms with van der Waals surface area (Å²) in [7, 11) is 1.29. The number of anilines is 1. The number of rotatable bonds is 4. The summed E-state index contributed by atoms with van der Waals surface area (Å²) in [6.45, 7) is 1.29. The molecule has 2 aromatic carbocycles. The maximum atomic E-state index is 12.3. The Kier molecular flexibility index (Phi) is 5.33. The molecule has 6 nitrogen and oxygen atoms in total. The molecule has 0 aromatic heterocycles. The van der Waals surface area contributed by atoms with Gasteiger partial charge in [-0.2, -0.15) is 0 Å². The fourth-order valence-corrected chi connectivity index (χ4v) is 4.10. The topological polar surface area (TPSA) is 78.9 Å². The number of carboxylic acid groups (broad SMARTS) is 1. The predicted octanol–water partition coefficient (Wildman–Crippen LogP) is 3.81. The molecule has 8 heteroatoms. The molecule has 0 spiro atoms. The van der Waals surface area contributed by atoms with Gasteiger partial charge in [0.25, 0.3) is 5.72 Å². The molecule has 2 atom stereocenters. The van der Waals surface area contributed by atoms with Gasteiger partial charge in [0.15, 0.2) is 0 Å². The van der Waals surface area contributed by atoms with Crippen LogP contribution < -0.4 is 10.4 Å². The van der Waals surface area contributed by atoms with E-state index >= 15 is 0 Å². The Bertz CT molecular complexity index is 891. The number of carboxylic acids is 1. The van der Waals surface area contributed by atoms with Crippen molar-refractivity contribution < 1.29 is 19.4 Å². The highest BCUT2D eigenvalue weighted by Gasteiger charge is 2.53. The Labute approximate surface area is 166 Å². The van der Waals surface area contributed by atoms with Crippen LogP contribution in [0, 0.1) is 0 Å². The third-order valence-corrected chi connectivity index (χ3v) is 5.18. The lowest BCUT2D eigenvalue weighted by molar-refractivity contribution is -0.165. The van der Waals surface area contributed by atoms with Crippen LogP contribution in [0.15, 0.2) is 42.5 Å². The highest BCUT2D eigenvalue weighted by atomic mass is 35.5. The summed E-state index contributed by atoms with van der Waals surface area (Å²) in [5, 5.41) is 11.9. The van der Waals surface area contributed by atoms with E-state index in [-0.39, 0.29) is 12.3 Å². The normalized spacial score (nSPS) is 21.5. The second-order valence-corrected chi connectivity index (χ2v) is 7.13. The van der Waals surface area contributed by atoms with Crippen molar-refractivity contribution in [2.45, 2.75) is 25.0 Å². The van der Waals surface area contributed by atoms with Gasteiger partial charge in [0.1, 0.15) is 0 Å². The molecule has 1 amide bonds. The van der Waals surface area contributed by atoms with Crippen molar-refractivity contribution in [1.29, 1.82) is 0 Å². The van der Waals surface area contributed by atoms with Crippen molar-refractivity contribution in [2.24, 2.45) is 0 Å². The number of nitrogens with zero attached hydrogens (tertiary/aromatic N) is 1. The van der Waals surface area contributed by atoms with Crippen LogP contribution in [0.1, 0.15) is 30.4 Å². The van der Waals surface area contributed by atoms with Crippen LogP contribution in [0.5, 0.6) is 0 Å². The smallest absolute Gasteiger partial charge is 0.359 e. The summed E-state index contributed by atoms with van der Waals surface area (Å²) in [5.74, 6) is -2.05. The number of hydrogen-bond acceptors (Lipinski definition) is 4. The first kappa shape index (κ1) is 19.5. The van der Waals surface area contributed by atoms with Crippen LogP contribution in [0.4, 0.5) is 5.69 Å². The van der Waals surface area contributed by atoms with E-state index in [1.807, 2.05) is 30.3 Å². The molecule has 0 fully saturated rings. The quantitative estimate of drug-likeness (QED) is 0.803. The largest absolute Gasteiger partial charge is 0.478 e. The molecule has 0 bridgehead atoms. The minimum absolute atomic E-state index is 0.0392. The average Bonchev–Trinajstić information content (AvgIpc) is 2.62. The SMILES string of the molecule is COC1(C(=O)O)CC(c2ccccc2)c2c(Cl)cc(Cl)cc2N1NC(C)=O. The number of aliphatic carboxylic acids is 1. The van der Waals surface area contributed by atoms with Gasteiger partial charge in [-0.05, 0) is 17.7 Å². The van der Waals surface area contributed by atoms with Gasteiger partial charge in [-0.1, -0.05) is 53.5 Å². The van der Waals surface area contributed by atoms with Crippen LogP contribution in [0.25, 0.3) is 0 Å². The summed E-state index contributed by atoms with van der Waals surface area (Å²) in [5.41, 5.74) is 2.67. The third-order valence-electron chi connectivity index (χ3n) is 4.65. The molecule has 0 radical (unpaired) electrons. The first-order chi connectivity index (χ1) is 12.8. The summed E-state index contributed by atoms with van der Waals surface area (Å²) in [4.78, 5) is 24.1. The van der Waals surface area contributed by atoms with Gasteiger partial charge in [0.2, 0.25) is 5.91 Å². The third kappa shape index (κ3) is 3.36. The van der Waals surface area contributed by atoms with E-state index in [1.165, 1.54) is 19.0 Å². The number of methoxy groups -OCH3 is 1. The van der Waals surface area contributed by atoms with Gasteiger partial charge in [-0.3, -0.25) is 10.2 Å². The predicted molar refractivity (Wildman–Crippen MR) is 103 cm³/mol. The van der Waals surface area contributed by atoms with Crippen LogP contribution in [0.2, 0.25) is 10.0 Å². The maximum absolute atomic E-state index is 12.3. The van der Waals surface area contributed by atoms with E-state index in [0.717, 1.165) is 5.56 Å². The molecule has 0 saturated carbocycles. The number of halogens is 2. The second-order valence-electron chi connectivity index (χ2n) is 6.28. The van der Waals surface area contributed by atoms with E-state index in [1.54, 1.807) is 12.1 Å². The minimum atomic E-state index is -1.83. The van der Waals surface area contributed by atoms with Gasteiger partial charge in [0.05, 0.1) is 5.69 Å². The molecular weight excluding hydrogens is 391 g/mol. The van der Waals surface area contributed by atoms with E-state index < -0.39 is 17.6 Å². The van der Waals surface area contributed by atoms with Crippen molar-refractivity contribution in [1.82, 2.24) is 5.43 Å². The van der Waals surface area contributed by atoms with E-state index in [0.29, 0.717) is 21.3 Å². The summed E-state index contributed by atoms with van der Waals surface area (Å²) in [6.07, 6.45) is 0.0392. The van der Waals surface area contributed by atoms with Crippen LogP contribution in [0.3, 0.4) is 0 Å². The van der Waals surface area contributed by atoms with Crippen LogP contribution in [-0.2, 0) is 14.3 Å². The molecule has 2 aromatic rings. The number of carbonyl (C=O) groups is 2. The zero-order valence-electron chi connectivity index (χ0n) is 14.7. The number of ether oxygens (including phenoxy) is 1. The Balaban J connectivity index is 2.31. The molecule has 1 heterocycles. The standard InChI is InChI=1S/C19H18Cl2N2O4/c1-11(24)22-23-16-9-13(20)8-15(21)17(16)14(12-6-4-3-5-7-12)10-19(23,27-2)18(25)26/h3-9,14H,10H2,1-2H3,(H,22,24)(H,25,26). The van der Waals surface area contributed by atoms with Crippen LogP contribution in [-0.4, -0.2) is 29.8 Å². The fourth-order valence-electron chi connectivity index (χ4n) is 3.49. The highest BCUT2D eigenvalue weighted by molar-refractivity contribution is 6.35. The van der Waals surface area contributed by atoms with Gasteiger partial charge in [-0.15, -0.1) is 0 Å². The minimum Gasteiger partial charge on any atom is -0.478 e. The van der Waals surface area contributed by atoms with Gasteiger partial charge >= 0.3 is 5.97 Å². The first-order valence-corrected chi connectivity index (χ1v) is 8.95. The summed E-state index contributed by atoms with van der Waals surface area (Å²) in [6, 6.07) is 12.6. The number of fused-ring (bicyclic) bond motifs is 1. The average molecular weight is 409 g/mol. The molecule has 27 heavy (non-hydrogen) atoms. The lowest BCUT2D eigenvalue weighted by atomic mass is 9.79. The zero-order valence-corrected chi connectivity index (χ0v) is 16.2. The number of hydrogen-bond donors (Lipinski definition) is 2. The van der Waals surface area contributed by atoms with Crippen LogP contribution >= 0.6 is 23.2 Å². The van der Waals surface area contributed by atoms with Crippen molar-refractivity contribution in [3.8, 4) is 0 Å². The second kappa shape index (κ2) is 7.38. The molecule has 1 aliphatic heterocycles. The number of nitrogens with one attached hydrogen (secondary N) is 1. The monoisotopic (exact) mass is 408 g/mol. The summed E-state index contributed by atoms with van der Waals surface area (Å²) >= 11 is 12.7. The molecule has 3 rings (SSSR count). The number of carbonyl (C=O) groups excluding carboxylic acids is 1. The van der Waals surface area contributed by atoms with Crippen molar-refractivity contribution in [2.75, 3.05) is 12.1 Å². The zero-order chi connectivity index (χ0) is 19.8. The van der Waals surface area contributed by atoms with Gasteiger partial charge in [-0.25, -0.2) is 9.80 Å². The molecule has 1 aliphatic rings. The van der Waals surface area contributed by atoms with Gasteiger partial charge < -0.3 is 9.84 Å². The Hall–Kier alpha value is -2.28. The van der Waals surface area contributed by atoms with E-state index in [9.17, 15) is 14.7 Å². The van der Waals surface area contributed by atoms with Crippen molar-refractivity contribution >= 4 is 40.8 Å².